The molecule has 4 nitrogen and oxygen atoms in total. The molecule has 19 heavy (non-hydrogen) atoms. The third-order valence-electron chi connectivity index (χ3n) is 3.29. The molecule has 0 unspecified atom stereocenters. The highest BCUT2D eigenvalue weighted by Crippen LogP contribution is 2.23. The Labute approximate surface area is 116 Å². The minimum Gasteiger partial charge on any atom is -0.439 e. The van der Waals surface area contributed by atoms with E-state index in [-0.39, 0.29) is 6.10 Å². The summed E-state index contributed by atoms with van der Waals surface area (Å²) in [5, 5.41) is 10.2. The zero-order valence-electron chi connectivity index (χ0n) is 10.4. The van der Waals surface area contributed by atoms with E-state index in [4.69, 9.17) is 16.0 Å². The predicted octanol–water partition coefficient (Wildman–Crippen LogP) is 2.56. The van der Waals surface area contributed by atoms with Gasteiger partial charge < -0.3 is 9.52 Å². The lowest BCUT2D eigenvalue weighted by atomic mass is 10.2. The maximum absolute atomic E-state index is 9.48. The molecule has 1 aromatic carbocycles. The molecule has 5 heteroatoms. The molecule has 0 amide bonds. The molecule has 1 atom stereocenters. The highest BCUT2D eigenvalue weighted by molar-refractivity contribution is 6.30. The Kier molecular flexibility index (Phi) is 3.55. The summed E-state index contributed by atoms with van der Waals surface area (Å²) in [4.78, 5) is 6.42. The lowest BCUT2D eigenvalue weighted by molar-refractivity contribution is 0.171. The first-order valence-electron chi connectivity index (χ1n) is 6.32. The molecular formula is C14H15ClN2O2. The van der Waals surface area contributed by atoms with Gasteiger partial charge in [-0.05, 0) is 30.7 Å². The fourth-order valence-electron chi connectivity index (χ4n) is 2.28. The number of aliphatic hydroxyl groups is 1. The second-order valence-electron chi connectivity index (χ2n) is 4.80. The van der Waals surface area contributed by atoms with Crippen LogP contribution in [0.2, 0.25) is 5.02 Å². The summed E-state index contributed by atoms with van der Waals surface area (Å²) in [6.45, 7) is 2.23. The molecule has 3 rings (SSSR count). The number of aromatic nitrogens is 1. The smallest absolute Gasteiger partial charge is 0.209 e. The van der Waals surface area contributed by atoms with Gasteiger partial charge in [0, 0.05) is 23.7 Å². The maximum atomic E-state index is 9.48. The number of benzene rings is 1. The van der Waals surface area contributed by atoms with Gasteiger partial charge in [-0.2, -0.15) is 0 Å². The average molecular weight is 279 g/mol. The molecule has 2 heterocycles. The van der Waals surface area contributed by atoms with E-state index in [2.05, 4.69) is 9.88 Å². The van der Waals surface area contributed by atoms with Crippen molar-refractivity contribution in [1.29, 1.82) is 0 Å². The van der Waals surface area contributed by atoms with Gasteiger partial charge in [0.2, 0.25) is 5.89 Å². The van der Waals surface area contributed by atoms with Crippen LogP contribution in [-0.2, 0) is 6.54 Å². The molecule has 0 bridgehead atoms. The van der Waals surface area contributed by atoms with E-state index in [1.54, 1.807) is 6.20 Å². The number of rotatable bonds is 3. The summed E-state index contributed by atoms with van der Waals surface area (Å²) in [5.41, 5.74) is 0.963. The molecule has 1 aliphatic rings. The molecule has 0 spiro atoms. The van der Waals surface area contributed by atoms with Gasteiger partial charge in [0.05, 0.1) is 18.8 Å². The maximum Gasteiger partial charge on any atom is 0.209 e. The van der Waals surface area contributed by atoms with Crippen LogP contribution in [0.25, 0.3) is 11.3 Å². The Morgan fingerprint density at radius 3 is 2.84 bits per heavy atom. The van der Waals surface area contributed by atoms with E-state index in [0.717, 1.165) is 24.3 Å². The van der Waals surface area contributed by atoms with Crippen molar-refractivity contribution in [2.45, 2.75) is 19.1 Å². The topological polar surface area (TPSA) is 49.5 Å². The monoisotopic (exact) mass is 278 g/mol. The normalized spacial score (nSPS) is 20.0. The Bertz CT molecular complexity index is 553. The number of likely N-dealkylation sites (tertiary alicyclic amines) is 1. The molecule has 1 aliphatic heterocycles. The van der Waals surface area contributed by atoms with E-state index in [1.807, 2.05) is 24.3 Å². The van der Waals surface area contributed by atoms with Crippen LogP contribution >= 0.6 is 11.6 Å². The van der Waals surface area contributed by atoms with E-state index in [0.29, 0.717) is 24.0 Å². The lowest BCUT2D eigenvalue weighted by Crippen LogP contribution is -2.21. The standard InChI is InChI=1S/C14H15ClN2O2/c15-11-3-1-10(2-4-11)13-7-16-14(19-13)9-17-6-5-12(18)8-17/h1-4,7,12,18H,5-6,8-9H2/t12-/m1/s1. The summed E-state index contributed by atoms with van der Waals surface area (Å²) in [7, 11) is 0. The Morgan fingerprint density at radius 1 is 1.37 bits per heavy atom. The molecule has 1 saturated heterocycles. The van der Waals surface area contributed by atoms with Gasteiger partial charge in [-0.25, -0.2) is 4.98 Å². The number of nitrogens with zero attached hydrogens (tertiary/aromatic N) is 2. The molecule has 1 aromatic heterocycles. The Hall–Kier alpha value is -1.36. The van der Waals surface area contributed by atoms with Crippen LogP contribution in [0.4, 0.5) is 0 Å². The van der Waals surface area contributed by atoms with Crippen LogP contribution in [0.15, 0.2) is 34.9 Å². The average Bonchev–Trinajstić information content (AvgIpc) is 3.00. The second-order valence-corrected chi connectivity index (χ2v) is 5.24. The van der Waals surface area contributed by atoms with Gasteiger partial charge in [0.25, 0.3) is 0 Å². The second kappa shape index (κ2) is 5.33. The van der Waals surface area contributed by atoms with Gasteiger partial charge in [0.1, 0.15) is 0 Å². The van der Waals surface area contributed by atoms with E-state index >= 15 is 0 Å². The summed E-state index contributed by atoms with van der Waals surface area (Å²) >= 11 is 5.85. The first-order valence-corrected chi connectivity index (χ1v) is 6.69. The fourth-order valence-corrected chi connectivity index (χ4v) is 2.40. The minimum absolute atomic E-state index is 0.217. The van der Waals surface area contributed by atoms with Crippen LogP contribution in [0, 0.1) is 0 Å². The van der Waals surface area contributed by atoms with Gasteiger partial charge in [-0.3, -0.25) is 4.90 Å². The molecule has 2 aromatic rings. The van der Waals surface area contributed by atoms with Gasteiger partial charge in [-0.1, -0.05) is 11.6 Å². The Morgan fingerprint density at radius 2 is 2.16 bits per heavy atom. The molecule has 0 saturated carbocycles. The van der Waals surface area contributed by atoms with Gasteiger partial charge >= 0.3 is 0 Å². The largest absolute Gasteiger partial charge is 0.439 e. The molecule has 0 aliphatic carbocycles. The third-order valence-corrected chi connectivity index (χ3v) is 3.54. The van der Waals surface area contributed by atoms with Crippen molar-refractivity contribution >= 4 is 11.6 Å². The van der Waals surface area contributed by atoms with Crippen molar-refractivity contribution in [3.05, 3.63) is 41.4 Å². The highest BCUT2D eigenvalue weighted by Gasteiger charge is 2.21. The quantitative estimate of drug-likeness (QED) is 0.937. The molecule has 1 N–H and O–H groups in total. The number of halogens is 1. The summed E-state index contributed by atoms with van der Waals surface area (Å²) < 4.78 is 5.73. The van der Waals surface area contributed by atoms with Crippen LogP contribution in [0.1, 0.15) is 12.3 Å². The first kappa shape index (κ1) is 12.7. The van der Waals surface area contributed by atoms with E-state index in [9.17, 15) is 5.11 Å². The number of β-amino-alcohol motifs (C(OH)–C–C–N with tert-alkyl or cyclic N) is 1. The number of oxazole rings is 1. The number of aliphatic hydroxyl groups excluding tert-OH is 1. The zero-order valence-corrected chi connectivity index (χ0v) is 11.2. The van der Waals surface area contributed by atoms with Crippen molar-refractivity contribution in [2.75, 3.05) is 13.1 Å². The first-order chi connectivity index (χ1) is 9.20. The predicted molar refractivity (Wildman–Crippen MR) is 72.8 cm³/mol. The number of hydrogen-bond donors (Lipinski definition) is 1. The SMILES string of the molecule is O[C@@H]1CCN(Cc2ncc(-c3ccc(Cl)cc3)o2)C1. The van der Waals surface area contributed by atoms with Crippen molar-refractivity contribution in [3.63, 3.8) is 0 Å². The molecule has 0 radical (unpaired) electrons. The van der Waals surface area contributed by atoms with Crippen LogP contribution in [-0.4, -0.2) is 34.2 Å². The van der Waals surface area contributed by atoms with Crippen molar-refractivity contribution in [2.24, 2.45) is 0 Å². The number of hydrogen-bond acceptors (Lipinski definition) is 4. The fraction of sp³-hybridized carbons (Fsp3) is 0.357. The van der Waals surface area contributed by atoms with Crippen molar-refractivity contribution in [3.8, 4) is 11.3 Å². The van der Waals surface area contributed by atoms with E-state index in [1.165, 1.54) is 0 Å². The van der Waals surface area contributed by atoms with Gasteiger partial charge in [0.15, 0.2) is 5.76 Å². The molecular weight excluding hydrogens is 264 g/mol. The van der Waals surface area contributed by atoms with Gasteiger partial charge in [-0.15, -0.1) is 0 Å². The summed E-state index contributed by atoms with van der Waals surface area (Å²) in [6.07, 6.45) is 2.33. The Balaban J connectivity index is 1.71. The third kappa shape index (κ3) is 2.97. The van der Waals surface area contributed by atoms with E-state index < -0.39 is 0 Å². The summed E-state index contributed by atoms with van der Waals surface area (Å²) in [5.74, 6) is 1.42. The lowest BCUT2D eigenvalue weighted by Gasteiger charge is -2.11. The highest BCUT2D eigenvalue weighted by atomic mass is 35.5. The van der Waals surface area contributed by atoms with Crippen molar-refractivity contribution < 1.29 is 9.52 Å². The van der Waals surface area contributed by atoms with Crippen LogP contribution in [0.5, 0.6) is 0 Å². The van der Waals surface area contributed by atoms with Crippen LogP contribution in [0.3, 0.4) is 0 Å². The minimum atomic E-state index is -0.217. The summed E-state index contributed by atoms with van der Waals surface area (Å²) in [6, 6.07) is 7.48. The zero-order chi connectivity index (χ0) is 13.2. The molecule has 1 fully saturated rings. The van der Waals surface area contributed by atoms with Crippen molar-refractivity contribution in [1.82, 2.24) is 9.88 Å². The molecule has 100 valence electrons. The van der Waals surface area contributed by atoms with Crippen LogP contribution < -0.4 is 0 Å².